The summed E-state index contributed by atoms with van der Waals surface area (Å²) in [6, 6.07) is 29.1. The van der Waals surface area contributed by atoms with Gasteiger partial charge in [0.05, 0.1) is 0 Å². The summed E-state index contributed by atoms with van der Waals surface area (Å²) in [4.78, 5) is 12.5. The Hall–Kier alpha value is -5.00. The average molecular weight is 905 g/mol. The van der Waals surface area contributed by atoms with Gasteiger partial charge in [-0.15, -0.1) is 7.92 Å². The Morgan fingerprint density at radius 2 is 1.61 bits per heavy atom. The molecule has 7 heteroatoms. The maximum Gasteiger partial charge on any atom is 0.129 e. The molecule has 0 saturated carbocycles. The van der Waals surface area contributed by atoms with Gasteiger partial charge in [0.25, 0.3) is 0 Å². The number of nitrogens with one attached hydrogen (secondary N) is 1. The Morgan fingerprint density at radius 1 is 0.909 bits per heavy atom. The summed E-state index contributed by atoms with van der Waals surface area (Å²) in [7, 11) is 4.36. The van der Waals surface area contributed by atoms with Crippen molar-refractivity contribution >= 4 is 24.8 Å². The van der Waals surface area contributed by atoms with Crippen molar-refractivity contribution in [2.75, 3.05) is 59.6 Å². The van der Waals surface area contributed by atoms with Crippen LogP contribution in [0.1, 0.15) is 100 Å². The van der Waals surface area contributed by atoms with E-state index in [1.807, 2.05) is 19.1 Å². The molecule has 2 saturated heterocycles. The molecule has 0 bridgehead atoms. The van der Waals surface area contributed by atoms with Crippen molar-refractivity contribution in [1.29, 1.82) is 0 Å². The number of hydrogen-bond acceptors (Lipinski definition) is 6. The van der Waals surface area contributed by atoms with Crippen molar-refractivity contribution in [3.8, 4) is 0 Å². The Morgan fingerprint density at radius 3 is 2.26 bits per heavy atom. The Balaban J connectivity index is 1.12. The van der Waals surface area contributed by atoms with Gasteiger partial charge in [-0.1, -0.05) is 136 Å². The molecule has 0 spiro atoms. The second-order valence-electron chi connectivity index (χ2n) is 18.6. The maximum absolute atomic E-state index is 6.46. The number of unbranched alkanes of at least 4 members (excludes halogenated alkanes) is 2. The highest BCUT2D eigenvalue weighted by atomic mass is 31.1. The van der Waals surface area contributed by atoms with Crippen LogP contribution in [0.3, 0.4) is 0 Å². The van der Waals surface area contributed by atoms with Gasteiger partial charge in [-0.05, 0) is 156 Å². The van der Waals surface area contributed by atoms with Gasteiger partial charge in [-0.2, -0.15) is 0 Å². The zero-order chi connectivity index (χ0) is 47.6. The summed E-state index contributed by atoms with van der Waals surface area (Å²) in [5, 5.41) is 3.40. The number of nitrogens with zero attached hydrogens (tertiary/aromatic N) is 4. The number of rotatable bonds is 23. The Bertz CT molecular complexity index is 2260. The average Bonchev–Trinajstić information content (AvgIpc) is 3.30. The van der Waals surface area contributed by atoms with Crippen LogP contribution in [0.4, 0.5) is 0 Å². The van der Waals surface area contributed by atoms with Gasteiger partial charge >= 0.3 is 0 Å². The summed E-state index contributed by atoms with van der Waals surface area (Å²) < 4.78 is 0. The van der Waals surface area contributed by atoms with Gasteiger partial charge in [0.15, 0.2) is 0 Å². The lowest BCUT2D eigenvalue weighted by molar-refractivity contribution is 0.185. The first kappa shape index (κ1) is 52.0. The highest BCUT2D eigenvalue weighted by molar-refractivity contribution is 7.56. The van der Waals surface area contributed by atoms with E-state index in [1.165, 1.54) is 65.0 Å². The van der Waals surface area contributed by atoms with Crippen LogP contribution < -0.4 is 11.1 Å². The molecule has 6 nitrogen and oxygen atoms in total. The number of likely N-dealkylation sites (N-methyl/N-ethyl adjacent to an activating group) is 2. The van der Waals surface area contributed by atoms with E-state index in [9.17, 15) is 0 Å². The summed E-state index contributed by atoms with van der Waals surface area (Å²) >= 11 is 0. The first-order valence-corrected chi connectivity index (χ1v) is 26.6. The van der Waals surface area contributed by atoms with Crippen LogP contribution in [-0.4, -0.2) is 86.1 Å². The largest absolute Gasteiger partial charge is 0.402 e. The molecule has 0 amide bonds. The molecular weight excluding hydrogens is 824 g/mol. The minimum absolute atomic E-state index is 0.0453. The fourth-order valence-electron chi connectivity index (χ4n) is 9.40. The predicted molar refractivity (Wildman–Crippen MR) is 291 cm³/mol. The lowest BCUT2D eigenvalue weighted by atomic mass is 9.91. The van der Waals surface area contributed by atoms with Crippen molar-refractivity contribution in [2.24, 2.45) is 10.7 Å². The number of allylic oxidation sites excluding steroid dienone is 8. The van der Waals surface area contributed by atoms with Crippen molar-refractivity contribution < 1.29 is 0 Å². The molecule has 3 aromatic rings. The SMILES string of the molecule is C=CC(=C/C)/C(CN(C)C1CCC(=C)NC1=C)=C(\CC)CCc1ccc(CP(C)CCCCCc2cccc(C(=C)\C=C(/N=C(C)/C(=C(/C)N)c3ccccc3)N3CCN(C)CC3)c2)cc1. The third-order valence-corrected chi connectivity index (χ3v) is 15.3. The normalized spacial score (nSPS) is 17.9. The fraction of sp³-hybridized carbons (Fsp3) is 0.407. The van der Waals surface area contributed by atoms with Crippen molar-refractivity contribution in [1.82, 2.24) is 20.0 Å². The van der Waals surface area contributed by atoms with E-state index >= 15 is 0 Å². The van der Waals surface area contributed by atoms with E-state index in [2.05, 4.69) is 173 Å². The molecule has 3 N–H and O–H groups in total. The van der Waals surface area contributed by atoms with Crippen LogP contribution in [0.2, 0.25) is 0 Å². The van der Waals surface area contributed by atoms with Gasteiger partial charge in [-0.25, -0.2) is 4.99 Å². The quantitative estimate of drug-likeness (QED) is 0.0430. The van der Waals surface area contributed by atoms with Crippen LogP contribution in [0.25, 0.3) is 11.1 Å². The lowest BCUT2D eigenvalue weighted by Crippen LogP contribution is -2.43. The lowest BCUT2D eigenvalue weighted by Gasteiger charge is -2.35. The van der Waals surface area contributed by atoms with Gasteiger partial charge in [-0.3, -0.25) is 4.90 Å². The second-order valence-corrected chi connectivity index (χ2v) is 21.1. The molecule has 2 atom stereocenters. The smallest absolute Gasteiger partial charge is 0.129 e. The number of nitrogens with two attached hydrogens (primary N) is 1. The Labute approximate surface area is 402 Å². The third kappa shape index (κ3) is 15.5. The van der Waals surface area contributed by atoms with Crippen molar-refractivity contribution in [3.05, 3.63) is 191 Å². The second kappa shape index (κ2) is 26.4. The Kier molecular flexibility index (Phi) is 20.8. The van der Waals surface area contributed by atoms with Crippen LogP contribution >= 0.6 is 7.92 Å². The van der Waals surface area contributed by atoms with Crippen molar-refractivity contribution in [3.63, 3.8) is 0 Å². The van der Waals surface area contributed by atoms with Gasteiger partial charge in [0, 0.05) is 67.1 Å². The first-order valence-electron chi connectivity index (χ1n) is 24.4. The molecule has 2 aliphatic rings. The number of piperidine rings is 1. The predicted octanol–water partition coefficient (Wildman–Crippen LogP) is 13.1. The molecule has 352 valence electrons. The molecule has 2 aliphatic heterocycles. The zero-order valence-corrected chi connectivity index (χ0v) is 42.7. The summed E-state index contributed by atoms with van der Waals surface area (Å²) in [5.74, 6) is 0.944. The highest BCUT2D eigenvalue weighted by Gasteiger charge is 2.25. The topological polar surface area (TPSA) is 60.1 Å². The number of benzene rings is 3. The molecule has 0 aromatic heterocycles. The van der Waals surface area contributed by atoms with E-state index in [-0.39, 0.29) is 7.92 Å². The summed E-state index contributed by atoms with van der Waals surface area (Å²) in [6.45, 7) is 32.8. The fourth-order valence-corrected chi connectivity index (χ4v) is 11.2. The summed E-state index contributed by atoms with van der Waals surface area (Å²) in [6.07, 6.45) is 18.9. The molecule has 5 rings (SSSR count). The molecule has 0 radical (unpaired) electrons. The number of piperazine rings is 1. The molecule has 2 heterocycles. The van der Waals surface area contributed by atoms with E-state index in [1.54, 1.807) is 0 Å². The van der Waals surface area contributed by atoms with Crippen molar-refractivity contribution in [2.45, 2.75) is 97.7 Å². The molecule has 3 aromatic carbocycles. The number of hydrogen-bond donors (Lipinski definition) is 2. The number of aryl methyl sites for hydroxylation is 2. The number of aliphatic imine (C=N–C) groups is 1. The minimum Gasteiger partial charge on any atom is -0.402 e. The highest BCUT2D eigenvalue weighted by Crippen LogP contribution is 2.37. The summed E-state index contributed by atoms with van der Waals surface area (Å²) in [5.41, 5.74) is 22.9. The molecular formula is C59H81N6P. The molecule has 0 aliphatic carbocycles. The van der Waals surface area contributed by atoms with E-state index in [4.69, 9.17) is 10.7 Å². The minimum atomic E-state index is -0.0453. The van der Waals surface area contributed by atoms with E-state index < -0.39 is 0 Å². The maximum atomic E-state index is 6.46. The van der Waals surface area contributed by atoms with Crippen LogP contribution in [0, 0.1) is 0 Å². The molecule has 66 heavy (non-hydrogen) atoms. The van der Waals surface area contributed by atoms with E-state index in [0.717, 1.165) is 122 Å². The van der Waals surface area contributed by atoms with Gasteiger partial charge in [0.2, 0.25) is 0 Å². The van der Waals surface area contributed by atoms with Crippen LogP contribution in [0.15, 0.2) is 168 Å². The monoisotopic (exact) mass is 905 g/mol. The first-order chi connectivity index (χ1) is 31.8. The standard InChI is InChI=1S/C59H81N6P/c1-12-52(13-2)56(42-64(10)57-34-27-45(5)61-47(57)7)53(14-3)33-32-49-28-30-51(31-29-49)43-66(11)39-20-16-17-22-50-23-21-26-55(41-50)44(4)40-58(65-37-35-63(9)36-38-65)62-48(8)59(46(6)60)54-24-18-15-19-25-54/h12-13,15,18-19,21,23-26,28-31,40-41,57,61H,1,4-5,7,14,16-17,20,22,27,32-39,42-43,60H2,2-3,6,8-11H3/b52-13-,56-53+,58-40+,59-46+,62-48+. The third-order valence-electron chi connectivity index (χ3n) is 13.4. The molecule has 2 unspecified atom stereocenters. The zero-order valence-electron chi connectivity index (χ0n) is 41.8. The van der Waals surface area contributed by atoms with Crippen LogP contribution in [-0.2, 0) is 19.0 Å². The van der Waals surface area contributed by atoms with Gasteiger partial charge < -0.3 is 20.9 Å². The van der Waals surface area contributed by atoms with E-state index in [0.29, 0.717) is 6.04 Å². The molecule has 2 fully saturated rings. The van der Waals surface area contributed by atoms with Crippen LogP contribution in [0.5, 0.6) is 0 Å². The van der Waals surface area contributed by atoms with Gasteiger partial charge in [0.1, 0.15) is 5.82 Å².